The van der Waals surface area contributed by atoms with Crippen LogP contribution < -0.4 is 11.1 Å². The van der Waals surface area contributed by atoms with E-state index in [0.717, 1.165) is 37.3 Å². The van der Waals surface area contributed by atoms with E-state index in [0.29, 0.717) is 5.69 Å². The van der Waals surface area contributed by atoms with Crippen LogP contribution in [0.15, 0.2) is 12.1 Å². The smallest absolute Gasteiger partial charge is 0.149 e. The number of nitrogen functional groups attached to an aromatic ring is 1. The summed E-state index contributed by atoms with van der Waals surface area (Å²) in [6, 6.07) is 3.75. The molecule has 0 unspecified atom stereocenters. The third-order valence-corrected chi connectivity index (χ3v) is 2.19. The van der Waals surface area contributed by atoms with Crippen molar-refractivity contribution in [1.29, 1.82) is 0 Å². The van der Waals surface area contributed by atoms with Crippen LogP contribution in [-0.4, -0.2) is 23.2 Å². The van der Waals surface area contributed by atoms with Gasteiger partial charge in [0.15, 0.2) is 0 Å². The number of anilines is 2. The fraction of sp³-hybridized carbons (Fsp3) is 0.545. The normalized spacial score (nSPS) is 10.3. The summed E-state index contributed by atoms with van der Waals surface area (Å²) in [6.45, 7) is 3.06. The summed E-state index contributed by atoms with van der Waals surface area (Å²) in [4.78, 5) is 4.31. The Labute approximate surface area is 90.5 Å². The Morgan fingerprint density at radius 2 is 2.13 bits per heavy atom. The van der Waals surface area contributed by atoms with Crippen molar-refractivity contribution in [2.45, 2.75) is 26.2 Å². The number of nitrogens with two attached hydrogens (primary N) is 1. The average molecular weight is 209 g/mol. The van der Waals surface area contributed by atoms with E-state index in [1.807, 2.05) is 19.1 Å². The van der Waals surface area contributed by atoms with Gasteiger partial charge >= 0.3 is 0 Å². The molecule has 0 aromatic carbocycles. The molecule has 0 radical (unpaired) electrons. The number of nitrogens with zero attached hydrogens (tertiary/aromatic N) is 1. The van der Waals surface area contributed by atoms with E-state index < -0.39 is 0 Å². The lowest BCUT2D eigenvalue weighted by Crippen LogP contribution is -2.06. The van der Waals surface area contributed by atoms with Gasteiger partial charge < -0.3 is 16.2 Å². The number of aliphatic hydroxyl groups is 1. The van der Waals surface area contributed by atoms with Crippen LogP contribution >= 0.6 is 0 Å². The minimum atomic E-state index is 0.269. The van der Waals surface area contributed by atoms with Crippen molar-refractivity contribution in [3.8, 4) is 0 Å². The molecule has 0 fully saturated rings. The molecule has 1 rings (SSSR count). The first kappa shape index (κ1) is 11.8. The molecule has 0 bridgehead atoms. The molecule has 1 aromatic heterocycles. The van der Waals surface area contributed by atoms with Gasteiger partial charge in [-0.3, -0.25) is 0 Å². The predicted molar refractivity (Wildman–Crippen MR) is 62.8 cm³/mol. The van der Waals surface area contributed by atoms with Gasteiger partial charge in [-0.25, -0.2) is 4.98 Å². The van der Waals surface area contributed by atoms with Crippen molar-refractivity contribution in [2.75, 3.05) is 24.2 Å². The number of rotatable bonds is 6. The molecule has 0 atom stereocenters. The molecule has 4 heteroatoms. The van der Waals surface area contributed by atoms with E-state index in [4.69, 9.17) is 10.8 Å². The minimum absolute atomic E-state index is 0.269. The second-order valence-corrected chi connectivity index (χ2v) is 3.60. The number of hydrogen-bond acceptors (Lipinski definition) is 4. The van der Waals surface area contributed by atoms with Crippen LogP contribution in [0.3, 0.4) is 0 Å². The van der Waals surface area contributed by atoms with Crippen LogP contribution in [0, 0.1) is 6.92 Å². The van der Waals surface area contributed by atoms with Crippen molar-refractivity contribution >= 4 is 11.5 Å². The van der Waals surface area contributed by atoms with Crippen molar-refractivity contribution < 1.29 is 5.11 Å². The lowest BCUT2D eigenvalue weighted by molar-refractivity contribution is 0.283. The zero-order valence-electron chi connectivity index (χ0n) is 9.16. The number of hydrogen-bond donors (Lipinski definition) is 3. The molecule has 0 saturated heterocycles. The van der Waals surface area contributed by atoms with Gasteiger partial charge in [0, 0.05) is 18.8 Å². The molecule has 0 aliphatic carbocycles. The molecule has 0 aliphatic rings. The topological polar surface area (TPSA) is 71.2 Å². The Balaban J connectivity index is 2.33. The molecule has 0 saturated carbocycles. The third-order valence-electron chi connectivity index (χ3n) is 2.19. The zero-order chi connectivity index (χ0) is 11.1. The maximum Gasteiger partial charge on any atom is 0.149 e. The van der Waals surface area contributed by atoms with Crippen LogP contribution in [0.5, 0.6) is 0 Å². The minimum Gasteiger partial charge on any atom is -0.396 e. The van der Waals surface area contributed by atoms with E-state index in [2.05, 4.69) is 10.3 Å². The predicted octanol–water partition coefficient (Wildman–Crippen LogP) is 1.55. The molecule has 1 aromatic rings. The van der Waals surface area contributed by atoms with Gasteiger partial charge in [0.2, 0.25) is 0 Å². The van der Waals surface area contributed by atoms with Crippen molar-refractivity contribution in [2.24, 2.45) is 0 Å². The summed E-state index contributed by atoms with van der Waals surface area (Å²) < 4.78 is 0. The van der Waals surface area contributed by atoms with Crippen molar-refractivity contribution in [3.05, 3.63) is 17.8 Å². The highest BCUT2D eigenvalue weighted by Crippen LogP contribution is 2.15. The number of aliphatic hydroxyl groups excluding tert-OH is 1. The summed E-state index contributed by atoms with van der Waals surface area (Å²) in [5, 5.41) is 11.8. The van der Waals surface area contributed by atoms with Gasteiger partial charge in [0.25, 0.3) is 0 Å². The standard InChI is InChI=1S/C11H19N3O/c1-9-5-6-10(12)11(14-9)13-7-3-2-4-8-15/h5-6,15H,2-4,7-8,12H2,1H3,(H,13,14). The van der Waals surface area contributed by atoms with E-state index >= 15 is 0 Å². The van der Waals surface area contributed by atoms with E-state index in [-0.39, 0.29) is 6.61 Å². The Hall–Kier alpha value is -1.29. The lowest BCUT2D eigenvalue weighted by atomic mass is 10.2. The molecular weight excluding hydrogens is 190 g/mol. The molecule has 0 spiro atoms. The highest BCUT2D eigenvalue weighted by atomic mass is 16.2. The molecule has 4 N–H and O–H groups in total. The van der Waals surface area contributed by atoms with Crippen molar-refractivity contribution in [1.82, 2.24) is 4.98 Å². The van der Waals surface area contributed by atoms with Crippen LogP contribution in [0.1, 0.15) is 25.0 Å². The van der Waals surface area contributed by atoms with Gasteiger partial charge in [0.1, 0.15) is 5.82 Å². The summed E-state index contributed by atoms with van der Waals surface area (Å²) in [5.74, 6) is 0.763. The van der Waals surface area contributed by atoms with Gasteiger partial charge in [-0.2, -0.15) is 0 Å². The number of unbranched alkanes of at least 4 members (excludes halogenated alkanes) is 2. The van der Waals surface area contributed by atoms with Crippen molar-refractivity contribution in [3.63, 3.8) is 0 Å². The SMILES string of the molecule is Cc1ccc(N)c(NCCCCCO)n1. The summed E-state index contributed by atoms with van der Waals surface area (Å²) >= 11 is 0. The summed E-state index contributed by atoms with van der Waals surface area (Å²) in [5.41, 5.74) is 7.41. The Kier molecular flexibility index (Phi) is 4.90. The Morgan fingerprint density at radius 1 is 1.33 bits per heavy atom. The van der Waals surface area contributed by atoms with Gasteiger partial charge in [0.05, 0.1) is 5.69 Å². The van der Waals surface area contributed by atoms with Crippen LogP contribution in [0.4, 0.5) is 11.5 Å². The first-order valence-corrected chi connectivity index (χ1v) is 5.32. The number of pyridine rings is 1. The number of aryl methyl sites for hydroxylation is 1. The lowest BCUT2D eigenvalue weighted by Gasteiger charge is -2.08. The van der Waals surface area contributed by atoms with E-state index in [1.165, 1.54) is 0 Å². The Bertz CT molecular complexity index is 302. The first-order valence-electron chi connectivity index (χ1n) is 5.32. The third kappa shape index (κ3) is 4.16. The molecule has 0 aliphatic heterocycles. The zero-order valence-corrected chi connectivity index (χ0v) is 9.16. The summed E-state index contributed by atoms with van der Waals surface area (Å²) in [7, 11) is 0. The fourth-order valence-corrected chi connectivity index (χ4v) is 1.33. The summed E-state index contributed by atoms with van der Waals surface area (Å²) in [6.07, 6.45) is 2.91. The van der Waals surface area contributed by atoms with Gasteiger partial charge in [-0.05, 0) is 38.3 Å². The Morgan fingerprint density at radius 3 is 2.87 bits per heavy atom. The maximum absolute atomic E-state index is 8.61. The number of nitrogens with one attached hydrogen (secondary N) is 1. The second kappa shape index (κ2) is 6.24. The number of aromatic nitrogens is 1. The fourth-order valence-electron chi connectivity index (χ4n) is 1.33. The monoisotopic (exact) mass is 209 g/mol. The highest BCUT2D eigenvalue weighted by Gasteiger charge is 1.99. The molecule has 84 valence electrons. The molecular formula is C11H19N3O. The highest BCUT2D eigenvalue weighted by molar-refractivity contribution is 5.61. The van der Waals surface area contributed by atoms with E-state index in [9.17, 15) is 0 Å². The maximum atomic E-state index is 8.61. The van der Waals surface area contributed by atoms with Gasteiger partial charge in [-0.15, -0.1) is 0 Å². The van der Waals surface area contributed by atoms with Crippen LogP contribution in [0.25, 0.3) is 0 Å². The molecule has 1 heterocycles. The molecule has 15 heavy (non-hydrogen) atoms. The first-order chi connectivity index (χ1) is 7.24. The van der Waals surface area contributed by atoms with Crippen LogP contribution in [0.2, 0.25) is 0 Å². The quantitative estimate of drug-likeness (QED) is 0.622. The molecule has 4 nitrogen and oxygen atoms in total. The second-order valence-electron chi connectivity index (χ2n) is 3.60. The van der Waals surface area contributed by atoms with E-state index in [1.54, 1.807) is 0 Å². The van der Waals surface area contributed by atoms with Gasteiger partial charge in [-0.1, -0.05) is 0 Å². The average Bonchev–Trinajstić information content (AvgIpc) is 2.23. The van der Waals surface area contributed by atoms with Crippen LogP contribution in [-0.2, 0) is 0 Å². The molecule has 0 amide bonds. The largest absolute Gasteiger partial charge is 0.396 e.